The fourth-order valence-corrected chi connectivity index (χ4v) is 4.02. The van der Waals surface area contributed by atoms with E-state index < -0.39 is 0 Å². The van der Waals surface area contributed by atoms with E-state index >= 15 is 0 Å². The van der Waals surface area contributed by atoms with E-state index in [4.69, 9.17) is 19.8 Å². The van der Waals surface area contributed by atoms with Gasteiger partial charge in [-0.25, -0.2) is 15.0 Å². The molecule has 4 heterocycles. The number of nitrogens with one attached hydrogen (secondary N) is 1. The van der Waals surface area contributed by atoms with Crippen molar-refractivity contribution in [2.75, 3.05) is 45.9 Å². The van der Waals surface area contributed by atoms with Crippen molar-refractivity contribution in [3.63, 3.8) is 0 Å². The lowest BCUT2D eigenvalue weighted by Crippen LogP contribution is -2.48. The Bertz CT molecular complexity index is 1050. The summed E-state index contributed by atoms with van der Waals surface area (Å²) >= 11 is 0. The van der Waals surface area contributed by atoms with E-state index in [0.29, 0.717) is 87.7 Å². The van der Waals surface area contributed by atoms with Crippen molar-refractivity contribution in [1.29, 1.82) is 0 Å². The van der Waals surface area contributed by atoms with E-state index in [9.17, 15) is 4.79 Å². The summed E-state index contributed by atoms with van der Waals surface area (Å²) in [6.45, 7) is 17.0. The molecule has 0 bridgehead atoms. The van der Waals surface area contributed by atoms with E-state index in [1.165, 1.54) is 0 Å². The van der Waals surface area contributed by atoms with Crippen molar-refractivity contribution in [3.05, 3.63) is 48.5 Å². The van der Waals surface area contributed by atoms with Gasteiger partial charge in [0, 0.05) is 57.3 Å². The minimum atomic E-state index is 0.275. The molecular formula is C24H32N8O2. The Balaban J connectivity index is 1.74. The Kier molecular flexibility index (Phi) is 7.36. The number of likely N-dealkylation sites (tertiary alicyclic amines) is 1. The van der Waals surface area contributed by atoms with E-state index in [1.807, 2.05) is 31.0 Å². The molecule has 0 atom stereocenters. The highest BCUT2D eigenvalue weighted by Crippen LogP contribution is 2.20. The number of morpholine rings is 1. The van der Waals surface area contributed by atoms with Crippen LogP contribution in [0.2, 0.25) is 0 Å². The first-order valence-electron chi connectivity index (χ1n) is 11.7. The molecule has 180 valence electrons. The molecule has 1 aromatic heterocycles. The second kappa shape index (κ2) is 10.6. The molecule has 0 aliphatic carbocycles. The number of Topliss-reactive ketones (excluding diaryl/α,β-unsaturated/α-hetero) is 1. The van der Waals surface area contributed by atoms with Crippen LogP contribution in [0.1, 0.15) is 32.4 Å². The number of ether oxygens (including phenoxy) is 1. The summed E-state index contributed by atoms with van der Waals surface area (Å²) < 4.78 is 5.53. The summed E-state index contributed by atoms with van der Waals surface area (Å²) in [7, 11) is 0. The van der Waals surface area contributed by atoms with Gasteiger partial charge in [-0.15, -0.1) is 5.10 Å². The molecule has 1 N–H and O–H groups in total. The first-order valence-corrected chi connectivity index (χ1v) is 11.7. The third kappa shape index (κ3) is 5.33. The first kappa shape index (κ1) is 23.6. The number of carbonyl (C=O) groups is 1. The van der Waals surface area contributed by atoms with Crippen molar-refractivity contribution < 1.29 is 9.53 Å². The summed E-state index contributed by atoms with van der Waals surface area (Å²) in [4.78, 5) is 25.9. The molecule has 0 unspecified atom stereocenters. The lowest BCUT2D eigenvalue weighted by atomic mass is 10.1. The largest absolute Gasteiger partial charge is 0.378 e. The minimum absolute atomic E-state index is 0.275. The maximum atomic E-state index is 11.8. The van der Waals surface area contributed by atoms with Crippen LogP contribution in [-0.2, 0) is 9.53 Å². The van der Waals surface area contributed by atoms with Crippen LogP contribution < -0.4 is 0 Å². The molecule has 10 heteroatoms. The molecule has 0 aromatic carbocycles. The van der Waals surface area contributed by atoms with Crippen LogP contribution in [0.25, 0.3) is 5.57 Å². The number of aromatic amines is 1. The Morgan fingerprint density at radius 2 is 1.91 bits per heavy atom. The number of hydrogen-bond acceptors (Lipinski definition) is 9. The predicted molar refractivity (Wildman–Crippen MR) is 133 cm³/mol. The van der Waals surface area contributed by atoms with E-state index in [-0.39, 0.29) is 5.78 Å². The number of ketones is 1. The predicted octanol–water partition coefficient (Wildman–Crippen LogP) is 2.28. The highest BCUT2D eigenvalue weighted by atomic mass is 16.5. The van der Waals surface area contributed by atoms with E-state index in [1.54, 1.807) is 6.20 Å². The highest BCUT2D eigenvalue weighted by molar-refractivity contribution is 6.13. The van der Waals surface area contributed by atoms with Gasteiger partial charge in [-0.3, -0.25) is 9.89 Å². The summed E-state index contributed by atoms with van der Waals surface area (Å²) in [6, 6.07) is 1.91. The van der Waals surface area contributed by atoms with E-state index in [2.05, 4.69) is 33.2 Å². The number of hydrogen-bond donors (Lipinski definition) is 1. The standard InChI is InChI=1S/C24H32N8O2/c1-5-32-24(31-10-7-20(33)8-11-31)26-19(4)23(30-12-14-34-15-13-30)27-22(29-32)18(3)16-17(2)21-6-9-25-28-21/h6,9,16H,3-5,7-8,10-15H2,1-2H3,(H,25,28)/b17-16+,26-24?,27-23?,29-22-. The molecule has 10 nitrogen and oxygen atoms in total. The summed E-state index contributed by atoms with van der Waals surface area (Å²) in [5.41, 5.74) is 3.10. The average molecular weight is 465 g/mol. The van der Waals surface area contributed by atoms with Gasteiger partial charge < -0.3 is 14.5 Å². The number of nitrogens with zero attached hydrogens (tertiary/aromatic N) is 7. The first-order chi connectivity index (χ1) is 16.5. The Morgan fingerprint density at radius 3 is 2.56 bits per heavy atom. The second-order valence-corrected chi connectivity index (χ2v) is 8.38. The lowest BCUT2D eigenvalue weighted by molar-refractivity contribution is -0.120. The summed E-state index contributed by atoms with van der Waals surface area (Å²) in [5, 5.41) is 13.7. The minimum Gasteiger partial charge on any atom is -0.378 e. The third-order valence-corrected chi connectivity index (χ3v) is 5.97. The molecular weight excluding hydrogens is 432 g/mol. The molecule has 0 saturated carbocycles. The van der Waals surface area contributed by atoms with Crippen LogP contribution in [-0.4, -0.2) is 94.4 Å². The van der Waals surface area contributed by atoms with Crippen LogP contribution in [0.5, 0.6) is 0 Å². The van der Waals surface area contributed by atoms with E-state index in [0.717, 1.165) is 11.3 Å². The van der Waals surface area contributed by atoms with Crippen LogP contribution >= 0.6 is 0 Å². The van der Waals surface area contributed by atoms with Gasteiger partial charge in [-0.05, 0) is 31.6 Å². The Hall–Kier alpha value is -3.53. The number of carbonyl (C=O) groups excluding carboxylic acids is 1. The summed E-state index contributed by atoms with van der Waals surface area (Å²) in [6.07, 6.45) is 4.67. The van der Waals surface area contributed by atoms with Gasteiger partial charge in [-0.1, -0.05) is 13.2 Å². The molecule has 1 aromatic rings. The van der Waals surface area contributed by atoms with Crippen molar-refractivity contribution in [3.8, 4) is 0 Å². The SMILES string of the molecule is C=C1N=C(N2CCC(=O)CC2)N(CC)/N=C(/C(=C)/C=C(\C)c2ccn[nH]2)N=C1N1CCOCC1. The van der Waals surface area contributed by atoms with Gasteiger partial charge in [0.15, 0.2) is 11.7 Å². The number of H-pyrrole nitrogens is 1. The van der Waals surface area contributed by atoms with Gasteiger partial charge in [0.05, 0.1) is 18.9 Å². The molecule has 0 spiro atoms. The van der Waals surface area contributed by atoms with Crippen LogP contribution in [0, 0.1) is 0 Å². The zero-order valence-corrected chi connectivity index (χ0v) is 20.0. The fourth-order valence-electron chi connectivity index (χ4n) is 4.02. The van der Waals surface area contributed by atoms with Crippen LogP contribution in [0.4, 0.5) is 0 Å². The van der Waals surface area contributed by atoms with Gasteiger partial charge in [-0.2, -0.15) is 5.10 Å². The van der Waals surface area contributed by atoms with Crippen LogP contribution in [0.15, 0.2) is 57.9 Å². The normalized spacial score (nSPS) is 22.0. The number of allylic oxidation sites excluding steroid dienone is 1. The van der Waals surface area contributed by atoms with Gasteiger partial charge in [0.2, 0.25) is 5.96 Å². The highest BCUT2D eigenvalue weighted by Gasteiger charge is 2.28. The molecule has 2 saturated heterocycles. The maximum absolute atomic E-state index is 11.8. The second-order valence-electron chi connectivity index (χ2n) is 8.38. The van der Waals surface area contributed by atoms with Crippen molar-refractivity contribution in [2.24, 2.45) is 15.1 Å². The number of guanidine groups is 1. The number of aliphatic imine (C=N–C) groups is 2. The molecule has 0 amide bonds. The quantitative estimate of drug-likeness (QED) is 0.686. The van der Waals surface area contributed by atoms with Gasteiger partial charge in [0.25, 0.3) is 0 Å². The maximum Gasteiger partial charge on any atom is 0.222 e. The summed E-state index contributed by atoms with van der Waals surface area (Å²) in [5.74, 6) is 2.11. The number of hydrazone groups is 1. The average Bonchev–Trinajstić information content (AvgIpc) is 3.38. The van der Waals surface area contributed by atoms with Crippen molar-refractivity contribution in [2.45, 2.75) is 26.7 Å². The molecule has 4 rings (SSSR count). The zero-order valence-electron chi connectivity index (χ0n) is 20.0. The molecule has 3 aliphatic rings. The fraction of sp³-hybridized carbons (Fsp3) is 0.458. The molecule has 3 aliphatic heterocycles. The van der Waals surface area contributed by atoms with Gasteiger partial charge in [0.1, 0.15) is 11.5 Å². The Morgan fingerprint density at radius 1 is 1.18 bits per heavy atom. The monoisotopic (exact) mass is 464 g/mol. The molecule has 34 heavy (non-hydrogen) atoms. The number of aromatic nitrogens is 2. The molecule has 0 radical (unpaired) electrons. The van der Waals surface area contributed by atoms with Gasteiger partial charge >= 0.3 is 0 Å². The molecule has 2 fully saturated rings. The van der Waals surface area contributed by atoms with Crippen LogP contribution in [0.3, 0.4) is 0 Å². The topological polar surface area (TPSA) is 102 Å². The smallest absolute Gasteiger partial charge is 0.222 e. The Labute approximate surface area is 200 Å². The van der Waals surface area contributed by atoms with Crippen molar-refractivity contribution in [1.82, 2.24) is 25.0 Å². The number of amidine groups is 2. The number of rotatable bonds is 4. The third-order valence-electron chi connectivity index (χ3n) is 5.97. The lowest BCUT2D eigenvalue weighted by Gasteiger charge is -2.35. The van der Waals surface area contributed by atoms with Crippen molar-refractivity contribution >= 4 is 29.0 Å². The zero-order chi connectivity index (χ0) is 24.1. The number of piperidine rings is 1.